The van der Waals surface area contributed by atoms with Gasteiger partial charge in [0.25, 0.3) is 0 Å². The molecule has 1 N–H and O–H groups in total. The summed E-state index contributed by atoms with van der Waals surface area (Å²) in [7, 11) is 0. The molecule has 0 saturated heterocycles. The van der Waals surface area contributed by atoms with Crippen LogP contribution in [-0.4, -0.2) is 16.3 Å². The van der Waals surface area contributed by atoms with Crippen LogP contribution in [0, 0.1) is 6.92 Å². The van der Waals surface area contributed by atoms with Crippen molar-refractivity contribution >= 4 is 22.9 Å². The molecular weight excluding hydrogens is 290 g/mol. The van der Waals surface area contributed by atoms with Crippen LogP contribution in [0.1, 0.15) is 48.7 Å². The second-order valence-electron chi connectivity index (χ2n) is 5.02. The van der Waals surface area contributed by atoms with Crippen molar-refractivity contribution < 1.29 is 0 Å². The van der Waals surface area contributed by atoms with E-state index in [2.05, 4.69) is 42.8 Å². The maximum absolute atomic E-state index is 6.44. The average molecular weight is 312 g/mol. The fourth-order valence-corrected chi connectivity index (χ4v) is 3.58. The summed E-state index contributed by atoms with van der Waals surface area (Å²) in [6.07, 6.45) is 6.27. The summed E-state index contributed by atoms with van der Waals surface area (Å²) in [4.78, 5) is 1.19. The number of aryl methyl sites for hydroxylation is 2. The Labute approximate surface area is 130 Å². The van der Waals surface area contributed by atoms with Crippen LogP contribution in [0.15, 0.2) is 17.8 Å². The lowest BCUT2D eigenvalue weighted by molar-refractivity contribution is 0.592. The number of rotatable bonds is 7. The number of nitrogens with one attached hydrogen (secondary N) is 1. The molecule has 2 rings (SSSR count). The maximum atomic E-state index is 6.44. The minimum absolute atomic E-state index is 0.145. The Morgan fingerprint density at radius 1 is 1.40 bits per heavy atom. The van der Waals surface area contributed by atoms with Crippen molar-refractivity contribution in [3.05, 3.63) is 38.8 Å². The highest BCUT2D eigenvalue weighted by Crippen LogP contribution is 2.35. The molecular formula is C15H22ClN3S. The maximum Gasteiger partial charge on any atom is 0.0717 e. The Morgan fingerprint density at radius 2 is 2.20 bits per heavy atom. The third-order valence-corrected chi connectivity index (χ3v) is 5.00. The first-order valence-electron chi connectivity index (χ1n) is 7.16. The third-order valence-electron chi connectivity index (χ3n) is 3.23. The van der Waals surface area contributed by atoms with Crippen molar-refractivity contribution in [1.82, 2.24) is 15.1 Å². The molecule has 1 atom stereocenters. The van der Waals surface area contributed by atoms with Crippen LogP contribution in [0.3, 0.4) is 0 Å². The van der Waals surface area contributed by atoms with Gasteiger partial charge in [0.15, 0.2) is 0 Å². The Kier molecular flexibility index (Phi) is 5.64. The zero-order chi connectivity index (χ0) is 14.5. The largest absolute Gasteiger partial charge is 0.305 e. The topological polar surface area (TPSA) is 29.9 Å². The Bertz CT molecular complexity index is 547. The summed E-state index contributed by atoms with van der Waals surface area (Å²) in [6, 6.07) is 0.145. The number of halogens is 1. The van der Waals surface area contributed by atoms with E-state index in [0.29, 0.717) is 0 Å². The minimum atomic E-state index is 0.145. The molecule has 0 radical (unpaired) electrons. The predicted molar refractivity (Wildman–Crippen MR) is 86.7 cm³/mol. The molecule has 0 amide bonds. The van der Waals surface area contributed by atoms with Crippen LogP contribution < -0.4 is 5.32 Å². The van der Waals surface area contributed by atoms with E-state index < -0.39 is 0 Å². The summed E-state index contributed by atoms with van der Waals surface area (Å²) in [6.45, 7) is 8.31. The lowest BCUT2D eigenvalue weighted by Gasteiger charge is -2.16. The molecule has 110 valence electrons. The van der Waals surface area contributed by atoms with E-state index in [0.717, 1.165) is 36.5 Å². The van der Waals surface area contributed by atoms with Crippen LogP contribution in [-0.2, 0) is 6.54 Å². The summed E-state index contributed by atoms with van der Waals surface area (Å²) in [5.41, 5.74) is 2.34. The van der Waals surface area contributed by atoms with Crippen LogP contribution >= 0.6 is 22.9 Å². The van der Waals surface area contributed by atoms with Gasteiger partial charge >= 0.3 is 0 Å². The summed E-state index contributed by atoms with van der Waals surface area (Å²) >= 11 is 8.16. The lowest BCUT2D eigenvalue weighted by atomic mass is 10.1. The highest BCUT2D eigenvalue weighted by Gasteiger charge is 2.20. The van der Waals surface area contributed by atoms with Crippen molar-refractivity contribution in [3.63, 3.8) is 0 Å². The molecule has 0 aromatic carbocycles. The van der Waals surface area contributed by atoms with Gasteiger partial charge in [-0.3, -0.25) is 4.68 Å². The molecule has 2 heterocycles. The van der Waals surface area contributed by atoms with Gasteiger partial charge in [0, 0.05) is 23.2 Å². The van der Waals surface area contributed by atoms with Crippen LogP contribution in [0.5, 0.6) is 0 Å². The minimum Gasteiger partial charge on any atom is -0.305 e. The molecule has 5 heteroatoms. The molecule has 0 fully saturated rings. The number of nitrogens with zero attached hydrogens (tertiary/aromatic N) is 2. The molecule has 0 aliphatic heterocycles. The van der Waals surface area contributed by atoms with E-state index in [1.807, 2.05) is 10.9 Å². The van der Waals surface area contributed by atoms with Gasteiger partial charge in [-0.2, -0.15) is 5.10 Å². The fourth-order valence-electron chi connectivity index (χ4n) is 2.18. The standard InChI is InChI=1S/C15H22ClN3S/c1-4-6-17-14(15-13(16)11(3)10-20-15)12-8-18-19(9-12)7-5-2/h8-10,14,17H,4-7H2,1-3H3. The molecule has 0 bridgehead atoms. The Hall–Kier alpha value is -0.840. The number of thiophene rings is 1. The first-order chi connectivity index (χ1) is 9.67. The molecule has 0 saturated carbocycles. The van der Waals surface area contributed by atoms with E-state index in [-0.39, 0.29) is 6.04 Å². The van der Waals surface area contributed by atoms with E-state index >= 15 is 0 Å². The molecule has 20 heavy (non-hydrogen) atoms. The Morgan fingerprint density at radius 3 is 2.80 bits per heavy atom. The second kappa shape index (κ2) is 7.25. The van der Waals surface area contributed by atoms with Crippen LogP contribution in [0.2, 0.25) is 5.02 Å². The summed E-state index contributed by atoms with van der Waals surface area (Å²) in [5.74, 6) is 0. The summed E-state index contributed by atoms with van der Waals surface area (Å²) in [5, 5.41) is 11.0. The van der Waals surface area contributed by atoms with Crippen LogP contribution in [0.4, 0.5) is 0 Å². The van der Waals surface area contributed by atoms with Crippen molar-refractivity contribution in [2.45, 2.75) is 46.2 Å². The first-order valence-corrected chi connectivity index (χ1v) is 8.42. The van der Waals surface area contributed by atoms with Crippen molar-refractivity contribution in [1.29, 1.82) is 0 Å². The zero-order valence-electron chi connectivity index (χ0n) is 12.3. The average Bonchev–Trinajstić information content (AvgIpc) is 3.02. The predicted octanol–water partition coefficient (Wildman–Crippen LogP) is 4.41. The highest BCUT2D eigenvalue weighted by molar-refractivity contribution is 7.10. The van der Waals surface area contributed by atoms with E-state index in [4.69, 9.17) is 11.6 Å². The highest BCUT2D eigenvalue weighted by atomic mass is 35.5. The third kappa shape index (κ3) is 3.43. The van der Waals surface area contributed by atoms with E-state index in [1.165, 1.54) is 10.4 Å². The smallest absolute Gasteiger partial charge is 0.0717 e. The molecule has 1 unspecified atom stereocenters. The molecule has 0 aliphatic carbocycles. The van der Waals surface area contributed by atoms with Gasteiger partial charge in [-0.25, -0.2) is 0 Å². The SMILES string of the molecule is CCCNC(c1cnn(CCC)c1)c1scc(C)c1Cl. The molecule has 2 aromatic rings. The summed E-state index contributed by atoms with van der Waals surface area (Å²) < 4.78 is 2.00. The van der Waals surface area contributed by atoms with E-state index in [1.54, 1.807) is 11.3 Å². The van der Waals surface area contributed by atoms with Gasteiger partial charge in [-0.15, -0.1) is 11.3 Å². The lowest BCUT2D eigenvalue weighted by Crippen LogP contribution is -2.22. The van der Waals surface area contributed by atoms with E-state index in [9.17, 15) is 0 Å². The molecule has 0 spiro atoms. The monoisotopic (exact) mass is 311 g/mol. The number of hydrogen-bond donors (Lipinski definition) is 1. The van der Waals surface area contributed by atoms with Crippen molar-refractivity contribution in [3.8, 4) is 0 Å². The molecule has 2 aromatic heterocycles. The normalized spacial score (nSPS) is 12.8. The zero-order valence-corrected chi connectivity index (χ0v) is 13.9. The quantitative estimate of drug-likeness (QED) is 0.821. The van der Waals surface area contributed by atoms with Gasteiger partial charge in [-0.05, 0) is 37.3 Å². The molecule has 0 aliphatic rings. The van der Waals surface area contributed by atoms with Crippen LogP contribution in [0.25, 0.3) is 0 Å². The number of aromatic nitrogens is 2. The molecule has 3 nitrogen and oxygen atoms in total. The van der Waals surface area contributed by atoms with Crippen molar-refractivity contribution in [2.24, 2.45) is 0 Å². The number of hydrogen-bond acceptors (Lipinski definition) is 3. The van der Waals surface area contributed by atoms with Gasteiger partial charge in [0.05, 0.1) is 17.3 Å². The van der Waals surface area contributed by atoms with Gasteiger partial charge in [0.1, 0.15) is 0 Å². The van der Waals surface area contributed by atoms with Gasteiger partial charge < -0.3 is 5.32 Å². The first kappa shape index (κ1) is 15.5. The second-order valence-corrected chi connectivity index (χ2v) is 6.31. The van der Waals surface area contributed by atoms with Gasteiger partial charge in [-0.1, -0.05) is 25.4 Å². The fraction of sp³-hybridized carbons (Fsp3) is 0.533. The Balaban J connectivity index is 2.28. The van der Waals surface area contributed by atoms with Crippen molar-refractivity contribution in [2.75, 3.05) is 6.54 Å². The van der Waals surface area contributed by atoms with Gasteiger partial charge in [0.2, 0.25) is 0 Å².